The second-order valence-corrected chi connectivity index (χ2v) is 7.90. The van der Waals surface area contributed by atoms with Crippen LogP contribution in [0.25, 0.3) is 0 Å². The highest BCUT2D eigenvalue weighted by molar-refractivity contribution is 7.92. The Bertz CT molecular complexity index is 1040. The zero-order valence-electron chi connectivity index (χ0n) is 16.1. The van der Waals surface area contributed by atoms with Crippen molar-refractivity contribution in [2.75, 3.05) is 23.3 Å². The molecule has 1 aromatic heterocycles. The minimum absolute atomic E-state index is 0.175. The lowest BCUT2D eigenvalue weighted by atomic mass is 10.2. The smallest absolute Gasteiger partial charge is 0.261 e. The van der Waals surface area contributed by atoms with Crippen LogP contribution >= 0.6 is 0 Å². The summed E-state index contributed by atoms with van der Waals surface area (Å²) in [6.07, 6.45) is 1.52. The highest BCUT2D eigenvalue weighted by Gasteiger charge is 2.16. The molecule has 1 heterocycles. The monoisotopic (exact) mass is 397 g/mol. The number of hydrogen-bond donors (Lipinski definition) is 1. The van der Waals surface area contributed by atoms with Crippen molar-refractivity contribution in [3.05, 3.63) is 72.4 Å². The molecule has 3 aromatic rings. The van der Waals surface area contributed by atoms with Crippen LogP contribution in [0.2, 0.25) is 0 Å². The molecule has 0 atom stereocenters. The number of ether oxygens (including phenoxy) is 1. The highest BCUT2D eigenvalue weighted by Crippen LogP contribution is 2.26. The SMILES string of the molecule is CCN(c1ccccc1)c1ccc(NS(=O)(=O)c2ccc(OC)c(C)c2)cn1. The molecular weight excluding hydrogens is 374 g/mol. The first kappa shape index (κ1) is 19.7. The summed E-state index contributed by atoms with van der Waals surface area (Å²) in [5.41, 5.74) is 2.18. The zero-order valence-corrected chi connectivity index (χ0v) is 16.9. The van der Waals surface area contributed by atoms with E-state index in [1.54, 1.807) is 38.3 Å². The van der Waals surface area contributed by atoms with Gasteiger partial charge in [0.1, 0.15) is 11.6 Å². The standard InChI is InChI=1S/C21H23N3O3S/c1-4-24(18-8-6-5-7-9-18)21-13-10-17(15-22-21)23-28(25,26)19-11-12-20(27-3)16(2)14-19/h5-15,23H,4H2,1-3H3. The highest BCUT2D eigenvalue weighted by atomic mass is 32.2. The van der Waals surface area contributed by atoms with Gasteiger partial charge < -0.3 is 9.64 Å². The van der Waals surface area contributed by atoms with E-state index >= 15 is 0 Å². The van der Waals surface area contributed by atoms with Gasteiger partial charge in [0.25, 0.3) is 10.0 Å². The van der Waals surface area contributed by atoms with Crippen LogP contribution in [0.4, 0.5) is 17.2 Å². The second kappa shape index (κ2) is 8.31. The van der Waals surface area contributed by atoms with Crippen LogP contribution in [0.1, 0.15) is 12.5 Å². The van der Waals surface area contributed by atoms with Gasteiger partial charge in [-0.1, -0.05) is 18.2 Å². The number of hydrogen-bond acceptors (Lipinski definition) is 5. The van der Waals surface area contributed by atoms with Crippen LogP contribution in [-0.4, -0.2) is 27.1 Å². The molecule has 1 N–H and O–H groups in total. The van der Waals surface area contributed by atoms with Crippen molar-refractivity contribution in [3.63, 3.8) is 0 Å². The first-order chi connectivity index (χ1) is 13.4. The molecule has 0 saturated carbocycles. The molecule has 0 aliphatic rings. The van der Waals surface area contributed by atoms with Crippen molar-refractivity contribution in [1.29, 1.82) is 0 Å². The summed E-state index contributed by atoms with van der Waals surface area (Å²) in [6.45, 7) is 4.58. The van der Waals surface area contributed by atoms with Crippen molar-refractivity contribution in [2.45, 2.75) is 18.7 Å². The van der Waals surface area contributed by atoms with Crippen LogP contribution in [0.3, 0.4) is 0 Å². The quantitative estimate of drug-likeness (QED) is 0.641. The molecule has 0 radical (unpaired) electrons. The zero-order chi connectivity index (χ0) is 20.1. The van der Waals surface area contributed by atoms with Crippen LogP contribution in [0.15, 0.2) is 71.8 Å². The molecule has 146 valence electrons. The first-order valence-electron chi connectivity index (χ1n) is 8.90. The van der Waals surface area contributed by atoms with Crippen molar-refractivity contribution >= 4 is 27.2 Å². The Morgan fingerprint density at radius 3 is 2.39 bits per heavy atom. The lowest BCUT2D eigenvalue weighted by Crippen LogP contribution is -2.18. The predicted molar refractivity (Wildman–Crippen MR) is 112 cm³/mol. The van der Waals surface area contributed by atoms with Crippen LogP contribution in [-0.2, 0) is 10.0 Å². The van der Waals surface area contributed by atoms with E-state index in [4.69, 9.17) is 4.74 Å². The molecule has 0 aliphatic heterocycles. The average molecular weight is 398 g/mol. The summed E-state index contributed by atoms with van der Waals surface area (Å²) in [5.74, 6) is 1.39. The third kappa shape index (κ3) is 4.26. The lowest BCUT2D eigenvalue weighted by Gasteiger charge is -2.22. The molecule has 7 heteroatoms. The minimum Gasteiger partial charge on any atom is -0.496 e. The van der Waals surface area contributed by atoms with Gasteiger partial charge in [-0.15, -0.1) is 0 Å². The Kier molecular flexibility index (Phi) is 5.84. The number of nitrogens with zero attached hydrogens (tertiary/aromatic N) is 2. The van der Waals surface area contributed by atoms with E-state index < -0.39 is 10.0 Å². The van der Waals surface area contributed by atoms with Crippen LogP contribution in [0, 0.1) is 6.92 Å². The van der Waals surface area contributed by atoms with Gasteiger partial charge in [-0.25, -0.2) is 13.4 Å². The van der Waals surface area contributed by atoms with Crippen molar-refractivity contribution in [2.24, 2.45) is 0 Å². The van der Waals surface area contributed by atoms with Gasteiger partial charge in [-0.2, -0.15) is 0 Å². The van der Waals surface area contributed by atoms with E-state index in [-0.39, 0.29) is 4.90 Å². The predicted octanol–water partition coefficient (Wildman–Crippen LogP) is 4.36. The summed E-state index contributed by atoms with van der Waals surface area (Å²) in [4.78, 5) is 6.65. The molecule has 0 bridgehead atoms. The summed E-state index contributed by atoms with van der Waals surface area (Å²) in [5, 5.41) is 0. The molecule has 0 amide bonds. The Hall–Kier alpha value is -3.06. The molecule has 0 unspecified atom stereocenters. The number of aromatic nitrogens is 1. The van der Waals surface area contributed by atoms with E-state index in [9.17, 15) is 8.42 Å². The maximum absolute atomic E-state index is 12.7. The van der Waals surface area contributed by atoms with E-state index in [2.05, 4.69) is 9.71 Å². The van der Waals surface area contributed by atoms with E-state index in [0.29, 0.717) is 11.4 Å². The molecule has 0 fully saturated rings. The third-order valence-corrected chi connectivity index (χ3v) is 5.72. The number of benzene rings is 2. The fourth-order valence-corrected chi connectivity index (χ4v) is 4.05. The summed E-state index contributed by atoms with van der Waals surface area (Å²) in [6, 6.07) is 18.2. The van der Waals surface area contributed by atoms with E-state index in [0.717, 1.165) is 23.6 Å². The summed E-state index contributed by atoms with van der Waals surface area (Å²) < 4.78 is 33.1. The van der Waals surface area contributed by atoms with Crippen molar-refractivity contribution < 1.29 is 13.2 Å². The average Bonchev–Trinajstić information content (AvgIpc) is 2.70. The van der Waals surface area contributed by atoms with E-state index in [1.165, 1.54) is 12.3 Å². The normalized spacial score (nSPS) is 11.1. The molecule has 0 aliphatic carbocycles. The van der Waals surface area contributed by atoms with Gasteiger partial charge in [0, 0.05) is 12.2 Å². The van der Waals surface area contributed by atoms with E-state index in [1.807, 2.05) is 42.2 Å². The van der Waals surface area contributed by atoms with Gasteiger partial charge in [0.2, 0.25) is 0 Å². The molecule has 0 spiro atoms. The second-order valence-electron chi connectivity index (χ2n) is 6.22. The van der Waals surface area contributed by atoms with Gasteiger partial charge in [0.05, 0.1) is 23.9 Å². The van der Waals surface area contributed by atoms with Crippen molar-refractivity contribution in [1.82, 2.24) is 4.98 Å². The number of aryl methyl sites for hydroxylation is 1. The number of anilines is 3. The third-order valence-electron chi connectivity index (χ3n) is 4.34. The molecule has 0 saturated heterocycles. The summed E-state index contributed by atoms with van der Waals surface area (Å²) >= 11 is 0. The number of methoxy groups -OCH3 is 1. The maximum Gasteiger partial charge on any atom is 0.261 e. The number of sulfonamides is 1. The topological polar surface area (TPSA) is 71.5 Å². The summed E-state index contributed by atoms with van der Waals surface area (Å²) in [7, 11) is -2.16. The Labute approximate surface area is 165 Å². The van der Waals surface area contributed by atoms with Gasteiger partial charge in [-0.05, 0) is 61.9 Å². The van der Waals surface area contributed by atoms with Crippen molar-refractivity contribution in [3.8, 4) is 5.75 Å². The first-order valence-corrected chi connectivity index (χ1v) is 10.4. The number of pyridine rings is 1. The minimum atomic E-state index is -3.71. The van der Waals surface area contributed by atoms with Gasteiger partial charge in [0.15, 0.2) is 0 Å². The number of nitrogens with one attached hydrogen (secondary N) is 1. The fourth-order valence-electron chi connectivity index (χ4n) is 2.92. The molecular formula is C21H23N3O3S. The van der Waals surface area contributed by atoms with Gasteiger partial charge in [-0.3, -0.25) is 4.72 Å². The Balaban J connectivity index is 1.81. The number of rotatable bonds is 7. The lowest BCUT2D eigenvalue weighted by molar-refractivity contribution is 0.411. The molecule has 28 heavy (non-hydrogen) atoms. The molecule has 3 rings (SSSR count). The fraction of sp³-hybridized carbons (Fsp3) is 0.190. The molecule has 2 aromatic carbocycles. The molecule has 6 nitrogen and oxygen atoms in total. The van der Waals surface area contributed by atoms with Crippen LogP contribution < -0.4 is 14.4 Å². The van der Waals surface area contributed by atoms with Gasteiger partial charge >= 0.3 is 0 Å². The van der Waals surface area contributed by atoms with Crippen LogP contribution in [0.5, 0.6) is 5.75 Å². The maximum atomic E-state index is 12.7. The largest absolute Gasteiger partial charge is 0.496 e. The Morgan fingerprint density at radius 1 is 1.07 bits per heavy atom. The number of para-hydroxylation sites is 1. The Morgan fingerprint density at radius 2 is 1.82 bits per heavy atom.